The highest BCUT2D eigenvalue weighted by Gasteiger charge is 2.30. The number of aromatic nitrogens is 1. The Labute approximate surface area is 136 Å². The van der Waals surface area contributed by atoms with E-state index >= 15 is 0 Å². The van der Waals surface area contributed by atoms with E-state index in [1.807, 2.05) is 6.07 Å². The zero-order valence-electron chi connectivity index (χ0n) is 12.6. The molecule has 0 radical (unpaired) electrons. The van der Waals surface area contributed by atoms with Crippen LogP contribution in [0.1, 0.15) is 23.7 Å². The number of pyridine rings is 1. The zero-order chi connectivity index (χ0) is 17.7. The molecule has 0 aliphatic carbocycles. The fourth-order valence-corrected chi connectivity index (χ4v) is 1.94. The lowest BCUT2D eigenvalue weighted by Crippen LogP contribution is -2.05. The highest BCUT2D eigenvalue weighted by Crippen LogP contribution is 2.30. The number of nitriles is 1. The second-order valence-electron chi connectivity index (χ2n) is 4.76. The van der Waals surface area contributed by atoms with Gasteiger partial charge in [-0.1, -0.05) is 6.07 Å². The fraction of sp³-hybridized carbons (Fsp3) is 0.176. The molecule has 0 atom stereocenters. The summed E-state index contributed by atoms with van der Waals surface area (Å²) in [4.78, 5) is 3.70. The van der Waals surface area contributed by atoms with Crippen molar-refractivity contribution >= 4 is 11.6 Å². The van der Waals surface area contributed by atoms with E-state index in [4.69, 9.17) is 4.74 Å². The van der Waals surface area contributed by atoms with E-state index in [0.29, 0.717) is 18.4 Å². The molecule has 1 heterocycles. The summed E-state index contributed by atoms with van der Waals surface area (Å²) in [6.07, 6.45) is -2.34. The molecule has 24 heavy (non-hydrogen) atoms. The molecule has 1 aromatic heterocycles. The Morgan fingerprint density at radius 2 is 2.08 bits per heavy atom. The summed E-state index contributed by atoms with van der Waals surface area (Å²) < 4.78 is 42.9. The minimum absolute atomic E-state index is 0.0415. The first-order valence-electron chi connectivity index (χ1n) is 6.96. The van der Waals surface area contributed by atoms with Crippen LogP contribution in [0.4, 0.5) is 13.2 Å². The molecule has 0 spiro atoms. The van der Waals surface area contributed by atoms with Gasteiger partial charge in [0.25, 0.3) is 0 Å². The lowest BCUT2D eigenvalue weighted by molar-refractivity contribution is -0.137. The van der Waals surface area contributed by atoms with Gasteiger partial charge in [-0.15, -0.1) is 0 Å². The maximum atomic E-state index is 12.5. The van der Waals surface area contributed by atoms with Gasteiger partial charge in [-0.05, 0) is 42.8 Å². The highest BCUT2D eigenvalue weighted by molar-refractivity contribution is 5.88. The topological polar surface area (TPSA) is 66.1 Å². The maximum Gasteiger partial charge on any atom is 0.417 e. The number of hydrogen-bond donors (Lipinski definition) is 1. The van der Waals surface area contributed by atoms with Crippen LogP contribution in [0, 0.1) is 11.3 Å². The number of alkyl halides is 3. The van der Waals surface area contributed by atoms with Gasteiger partial charge in [0, 0.05) is 6.20 Å². The number of rotatable bonds is 4. The summed E-state index contributed by atoms with van der Waals surface area (Å²) >= 11 is 0. The number of hydrogen-bond acceptors (Lipinski definition) is 4. The number of benzene rings is 1. The molecule has 2 aromatic rings. The predicted octanol–water partition coefficient (Wildman–Crippen LogP) is 4.27. The quantitative estimate of drug-likeness (QED) is 0.848. The van der Waals surface area contributed by atoms with Crippen molar-refractivity contribution in [3.8, 4) is 17.6 Å². The Balaban J connectivity index is 2.36. The molecule has 0 amide bonds. The molecular formula is C17H13F3N2O2. The Kier molecular flexibility index (Phi) is 5.09. The Morgan fingerprint density at radius 3 is 2.62 bits per heavy atom. The van der Waals surface area contributed by atoms with Crippen molar-refractivity contribution in [2.75, 3.05) is 6.61 Å². The van der Waals surface area contributed by atoms with E-state index in [9.17, 15) is 23.5 Å². The van der Waals surface area contributed by atoms with E-state index in [2.05, 4.69) is 4.98 Å². The third kappa shape index (κ3) is 4.04. The molecular weight excluding hydrogens is 321 g/mol. The molecule has 124 valence electrons. The molecule has 0 bridgehead atoms. The van der Waals surface area contributed by atoms with Crippen molar-refractivity contribution in [3.05, 3.63) is 53.3 Å². The van der Waals surface area contributed by atoms with Crippen LogP contribution in [-0.4, -0.2) is 16.7 Å². The van der Waals surface area contributed by atoms with Gasteiger partial charge in [0.05, 0.1) is 23.4 Å². The molecule has 0 aliphatic rings. The van der Waals surface area contributed by atoms with Crippen molar-refractivity contribution < 1.29 is 23.0 Å². The van der Waals surface area contributed by atoms with Crippen molar-refractivity contribution in [3.63, 3.8) is 0 Å². The van der Waals surface area contributed by atoms with Crippen molar-refractivity contribution in [1.29, 1.82) is 5.26 Å². The van der Waals surface area contributed by atoms with Crippen LogP contribution in [0.3, 0.4) is 0 Å². The average Bonchev–Trinajstić information content (AvgIpc) is 2.55. The molecule has 0 aliphatic heterocycles. The molecule has 0 saturated carbocycles. The number of nitrogens with zero attached hydrogens (tertiary/aromatic N) is 2. The Hall–Kier alpha value is -3.01. The van der Waals surface area contributed by atoms with Crippen LogP contribution in [0.15, 0.2) is 36.5 Å². The van der Waals surface area contributed by atoms with Crippen LogP contribution in [-0.2, 0) is 6.18 Å². The number of ether oxygens (including phenoxy) is 1. The second kappa shape index (κ2) is 7.04. The molecule has 0 unspecified atom stereocenters. The molecule has 7 heteroatoms. The molecule has 1 aromatic carbocycles. The summed E-state index contributed by atoms with van der Waals surface area (Å²) in [6, 6.07) is 8.41. The van der Waals surface area contributed by atoms with Gasteiger partial charge in [-0.25, -0.2) is 0 Å². The van der Waals surface area contributed by atoms with Gasteiger partial charge >= 0.3 is 6.18 Å². The summed E-state index contributed by atoms with van der Waals surface area (Å²) in [7, 11) is 0. The number of allylic oxidation sites excluding steroid dienone is 1. The van der Waals surface area contributed by atoms with Gasteiger partial charge in [-0.3, -0.25) is 4.98 Å². The van der Waals surface area contributed by atoms with E-state index in [1.54, 1.807) is 13.0 Å². The monoisotopic (exact) mass is 334 g/mol. The lowest BCUT2D eigenvalue weighted by atomic mass is 10.1. The van der Waals surface area contributed by atoms with Crippen LogP contribution < -0.4 is 4.74 Å². The lowest BCUT2D eigenvalue weighted by Gasteiger charge is -2.08. The molecule has 0 saturated heterocycles. The maximum absolute atomic E-state index is 12.5. The summed E-state index contributed by atoms with van der Waals surface area (Å²) in [5.41, 5.74) is -0.116. The number of aromatic hydroxyl groups is 1. The van der Waals surface area contributed by atoms with Gasteiger partial charge in [-0.2, -0.15) is 18.4 Å². The molecule has 2 rings (SSSR count). The number of halogens is 3. The second-order valence-corrected chi connectivity index (χ2v) is 4.76. The van der Waals surface area contributed by atoms with Crippen LogP contribution in [0.5, 0.6) is 11.5 Å². The average molecular weight is 334 g/mol. The Bertz CT molecular complexity index is 791. The predicted molar refractivity (Wildman–Crippen MR) is 82.0 cm³/mol. The van der Waals surface area contributed by atoms with Gasteiger partial charge in [0.1, 0.15) is 6.07 Å². The van der Waals surface area contributed by atoms with Gasteiger partial charge < -0.3 is 9.84 Å². The van der Waals surface area contributed by atoms with Crippen LogP contribution >= 0.6 is 0 Å². The van der Waals surface area contributed by atoms with Crippen LogP contribution in [0.25, 0.3) is 11.6 Å². The van der Waals surface area contributed by atoms with Crippen molar-refractivity contribution in [2.45, 2.75) is 13.1 Å². The minimum Gasteiger partial charge on any atom is -0.504 e. The third-order valence-electron chi connectivity index (χ3n) is 3.08. The van der Waals surface area contributed by atoms with Gasteiger partial charge in [0.2, 0.25) is 0 Å². The summed E-state index contributed by atoms with van der Waals surface area (Å²) in [6.45, 7) is 2.11. The standard InChI is InChI=1S/C17H13F3N2O2/c1-2-24-16-8-11(3-6-15(16)23)7-12(9-21)14-5-4-13(10-22-14)17(18,19)20/h3-8,10,23H,2H2,1H3. The first-order valence-corrected chi connectivity index (χ1v) is 6.96. The zero-order valence-corrected chi connectivity index (χ0v) is 12.6. The van der Waals surface area contributed by atoms with E-state index in [0.717, 1.165) is 12.1 Å². The van der Waals surface area contributed by atoms with Crippen molar-refractivity contribution in [2.24, 2.45) is 0 Å². The largest absolute Gasteiger partial charge is 0.504 e. The van der Waals surface area contributed by atoms with E-state index in [1.165, 1.54) is 18.2 Å². The van der Waals surface area contributed by atoms with Crippen LogP contribution in [0.2, 0.25) is 0 Å². The summed E-state index contributed by atoms with van der Waals surface area (Å²) in [5.74, 6) is 0.212. The van der Waals surface area contributed by atoms with Crippen molar-refractivity contribution in [1.82, 2.24) is 4.98 Å². The summed E-state index contributed by atoms with van der Waals surface area (Å²) in [5, 5.41) is 18.9. The Morgan fingerprint density at radius 1 is 1.33 bits per heavy atom. The smallest absolute Gasteiger partial charge is 0.417 e. The normalized spacial score (nSPS) is 11.9. The molecule has 0 fully saturated rings. The third-order valence-corrected chi connectivity index (χ3v) is 3.08. The first-order chi connectivity index (χ1) is 11.3. The first kappa shape index (κ1) is 17.3. The molecule has 4 nitrogen and oxygen atoms in total. The number of phenolic OH excluding ortho intramolecular Hbond substituents is 1. The van der Waals surface area contributed by atoms with E-state index in [-0.39, 0.29) is 22.8 Å². The SMILES string of the molecule is CCOc1cc(C=C(C#N)c2ccc(C(F)(F)F)cn2)ccc1O. The highest BCUT2D eigenvalue weighted by atomic mass is 19.4. The minimum atomic E-state index is -4.48. The van der Waals surface area contributed by atoms with Gasteiger partial charge in [0.15, 0.2) is 11.5 Å². The van der Waals surface area contributed by atoms with E-state index < -0.39 is 11.7 Å². The fourth-order valence-electron chi connectivity index (χ4n) is 1.94. The number of phenols is 1. The molecule has 1 N–H and O–H groups in total.